The number of carbonyl (C=O) groups excluding carboxylic acids is 1. The minimum absolute atomic E-state index is 0.340. The Bertz CT molecular complexity index is 563. The summed E-state index contributed by atoms with van der Waals surface area (Å²) in [5.41, 5.74) is 0.779. The highest BCUT2D eigenvalue weighted by Gasteiger charge is 2.35. The maximum absolute atomic E-state index is 12.0. The number of rotatable bonds is 6. The number of halogens is 1. The van der Waals surface area contributed by atoms with Gasteiger partial charge in [0.25, 0.3) is 0 Å². The lowest BCUT2D eigenvalue weighted by molar-refractivity contribution is -0.147. The van der Waals surface area contributed by atoms with Gasteiger partial charge < -0.3 is 10.4 Å². The van der Waals surface area contributed by atoms with Crippen molar-refractivity contribution in [3.63, 3.8) is 0 Å². The Balaban J connectivity index is 2.85. The average Bonchev–Trinajstić information content (AvgIpc) is 2.43. The van der Waals surface area contributed by atoms with Crippen molar-refractivity contribution >= 4 is 33.9 Å². The Hall–Kier alpha value is -1.62. The molecule has 1 rings (SSSR count). The molecule has 1 aromatic rings. The number of carboxylic acid groups (broad SMARTS) is 1. The van der Waals surface area contributed by atoms with Crippen molar-refractivity contribution in [3.05, 3.63) is 39.9 Å². The third kappa shape index (κ3) is 4.43. The van der Waals surface area contributed by atoms with Crippen LogP contribution in [0.4, 0.5) is 0 Å². The Morgan fingerprint density at radius 1 is 1.33 bits per heavy atom. The van der Waals surface area contributed by atoms with E-state index in [0.717, 1.165) is 15.6 Å². The normalized spacial score (nSPS) is 11.6. The number of amides is 1. The molecule has 0 radical (unpaired) electrons. The topological polar surface area (TPSA) is 66.4 Å². The molecule has 0 atom stereocenters. The molecule has 0 saturated carbocycles. The summed E-state index contributed by atoms with van der Waals surface area (Å²) in [6.07, 6.45) is 3.70. The smallest absolute Gasteiger partial charge is 0.329 e. The molecule has 0 aliphatic heterocycles. The molecular weight excluding hydrogens is 334 g/mol. The van der Waals surface area contributed by atoms with Crippen LogP contribution in [-0.4, -0.2) is 22.5 Å². The van der Waals surface area contributed by atoms with Crippen LogP contribution in [-0.2, 0) is 9.59 Å². The number of benzene rings is 1. The second-order valence-corrected chi connectivity index (χ2v) is 5.80. The lowest BCUT2D eigenvalue weighted by Crippen LogP contribution is -2.53. The molecular formula is C16H20BrNO3. The highest BCUT2D eigenvalue weighted by Crippen LogP contribution is 2.20. The van der Waals surface area contributed by atoms with Crippen LogP contribution in [0.3, 0.4) is 0 Å². The predicted octanol–water partition coefficient (Wildman–Crippen LogP) is 3.53. The van der Waals surface area contributed by atoms with E-state index in [1.54, 1.807) is 19.9 Å². The van der Waals surface area contributed by atoms with E-state index in [4.69, 9.17) is 0 Å². The third-order valence-electron chi connectivity index (χ3n) is 3.55. The van der Waals surface area contributed by atoms with Crippen LogP contribution >= 0.6 is 15.9 Å². The molecule has 0 aliphatic rings. The molecule has 0 heterocycles. The zero-order valence-corrected chi connectivity index (χ0v) is 14.0. The fourth-order valence-electron chi connectivity index (χ4n) is 1.99. The molecule has 0 unspecified atom stereocenters. The van der Waals surface area contributed by atoms with Gasteiger partial charge in [0.05, 0.1) is 0 Å². The number of carboxylic acids is 1. The van der Waals surface area contributed by atoms with E-state index in [9.17, 15) is 14.7 Å². The lowest BCUT2D eigenvalue weighted by atomic mass is 9.93. The van der Waals surface area contributed by atoms with Gasteiger partial charge in [0, 0.05) is 10.5 Å². The van der Waals surface area contributed by atoms with Crippen molar-refractivity contribution in [1.82, 2.24) is 5.32 Å². The first-order chi connectivity index (χ1) is 9.84. The van der Waals surface area contributed by atoms with E-state index in [0.29, 0.717) is 12.8 Å². The summed E-state index contributed by atoms with van der Waals surface area (Å²) in [5, 5.41) is 11.9. The van der Waals surface area contributed by atoms with Gasteiger partial charge in [0.1, 0.15) is 5.54 Å². The van der Waals surface area contributed by atoms with Gasteiger partial charge in [-0.3, -0.25) is 4.79 Å². The Labute approximate surface area is 133 Å². The number of hydrogen-bond donors (Lipinski definition) is 2. The molecule has 21 heavy (non-hydrogen) atoms. The van der Waals surface area contributed by atoms with Gasteiger partial charge in [-0.1, -0.05) is 41.9 Å². The standard InChI is InChI=1S/C16H20BrNO3/c1-4-16(5-2,15(20)21)18-14(19)9-8-12-7-6-11(3)10-13(12)17/h6-10H,4-5H2,1-3H3,(H,18,19)(H,20,21). The number of hydrogen-bond acceptors (Lipinski definition) is 2. The number of carbonyl (C=O) groups is 2. The fourth-order valence-corrected chi connectivity index (χ4v) is 2.62. The minimum Gasteiger partial charge on any atom is -0.480 e. The second kappa shape index (κ2) is 7.41. The first-order valence-corrected chi connectivity index (χ1v) is 7.63. The highest BCUT2D eigenvalue weighted by molar-refractivity contribution is 9.10. The molecule has 114 valence electrons. The summed E-state index contributed by atoms with van der Waals surface area (Å²) in [6.45, 7) is 5.48. The van der Waals surface area contributed by atoms with Crippen molar-refractivity contribution in [3.8, 4) is 0 Å². The fraction of sp³-hybridized carbons (Fsp3) is 0.375. The molecule has 5 heteroatoms. The summed E-state index contributed by atoms with van der Waals surface area (Å²) < 4.78 is 0.891. The third-order valence-corrected chi connectivity index (χ3v) is 4.24. The molecule has 0 aromatic heterocycles. The second-order valence-electron chi connectivity index (χ2n) is 4.94. The molecule has 0 fully saturated rings. The maximum atomic E-state index is 12.0. The van der Waals surface area contributed by atoms with E-state index in [1.165, 1.54) is 6.08 Å². The maximum Gasteiger partial charge on any atom is 0.329 e. The van der Waals surface area contributed by atoms with Crippen molar-refractivity contribution < 1.29 is 14.7 Å². The van der Waals surface area contributed by atoms with E-state index in [2.05, 4.69) is 21.2 Å². The largest absolute Gasteiger partial charge is 0.480 e. The van der Waals surface area contributed by atoms with Crippen molar-refractivity contribution in [2.24, 2.45) is 0 Å². The SMILES string of the molecule is CCC(CC)(NC(=O)C=Cc1ccc(C)cc1Br)C(=O)O. The molecule has 0 aliphatic carbocycles. The van der Waals surface area contributed by atoms with Gasteiger partial charge in [-0.25, -0.2) is 4.79 Å². The van der Waals surface area contributed by atoms with Crippen LogP contribution in [0.15, 0.2) is 28.7 Å². The van der Waals surface area contributed by atoms with E-state index in [-0.39, 0.29) is 0 Å². The predicted molar refractivity (Wildman–Crippen MR) is 87.0 cm³/mol. The zero-order chi connectivity index (χ0) is 16.0. The van der Waals surface area contributed by atoms with E-state index in [1.807, 2.05) is 25.1 Å². The summed E-state index contributed by atoms with van der Waals surface area (Å²) >= 11 is 3.43. The lowest BCUT2D eigenvalue weighted by Gasteiger charge is -2.27. The van der Waals surface area contributed by atoms with E-state index < -0.39 is 17.4 Å². The van der Waals surface area contributed by atoms with Crippen LogP contribution < -0.4 is 5.32 Å². The summed E-state index contributed by atoms with van der Waals surface area (Å²) in [7, 11) is 0. The highest BCUT2D eigenvalue weighted by atomic mass is 79.9. The van der Waals surface area contributed by atoms with Gasteiger partial charge in [0.15, 0.2) is 0 Å². The Morgan fingerprint density at radius 2 is 1.95 bits per heavy atom. The van der Waals surface area contributed by atoms with Crippen LogP contribution in [0.1, 0.15) is 37.8 Å². The van der Waals surface area contributed by atoms with E-state index >= 15 is 0 Å². The van der Waals surface area contributed by atoms with Gasteiger partial charge in [-0.2, -0.15) is 0 Å². The van der Waals surface area contributed by atoms with Gasteiger partial charge in [-0.05, 0) is 43.0 Å². The quantitative estimate of drug-likeness (QED) is 0.768. The molecule has 0 spiro atoms. The number of aryl methyl sites for hydroxylation is 1. The molecule has 1 amide bonds. The molecule has 2 N–H and O–H groups in total. The van der Waals surface area contributed by atoms with Gasteiger partial charge in [-0.15, -0.1) is 0 Å². The molecule has 4 nitrogen and oxygen atoms in total. The first kappa shape index (κ1) is 17.4. The van der Waals surface area contributed by atoms with Crippen LogP contribution in [0.2, 0.25) is 0 Å². The van der Waals surface area contributed by atoms with Gasteiger partial charge in [0.2, 0.25) is 5.91 Å². The first-order valence-electron chi connectivity index (χ1n) is 6.84. The minimum atomic E-state index is -1.20. The summed E-state index contributed by atoms with van der Waals surface area (Å²) in [4.78, 5) is 23.3. The monoisotopic (exact) mass is 353 g/mol. The summed E-state index contributed by atoms with van der Waals surface area (Å²) in [6, 6.07) is 5.80. The van der Waals surface area contributed by atoms with Crippen LogP contribution in [0.25, 0.3) is 6.08 Å². The molecule has 0 saturated heterocycles. The van der Waals surface area contributed by atoms with Crippen LogP contribution in [0, 0.1) is 6.92 Å². The van der Waals surface area contributed by atoms with Crippen molar-refractivity contribution in [1.29, 1.82) is 0 Å². The zero-order valence-electron chi connectivity index (χ0n) is 12.4. The Kier molecular flexibility index (Phi) is 6.15. The summed E-state index contributed by atoms with van der Waals surface area (Å²) in [5.74, 6) is -1.42. The van der Waals surface area contributed by atoms with Gasteiger partial charge >= 0.3 is 5.97 Å². The number of nitrogens with one attached hydrogen (secondary N) is 1. The average molecular weight is 354 g/mol. The Morgan fingerprint density at radius 3 is 2.43 bits per heavy atom. The molecule has 0 bridgehead atoms. The van der Waals surface area contributed by atoms with Crippen molar-refractivity contribution in [2.45, 2.75) is 39.2 Å². The molecule has 1 aromatic carbocycles. The van der Waals surface area contributed by atoms with Crippen LogP contribution in [0.5, 0.6) is 0 Å². The number of aliphatic carboxylic acids is 1. The van der Waals surface area contributed by atoms with Crippen molar-refractivity contribution in [2.75, 3.05) is 0 Å².